The minimum absolute atomic E-state index is 0.0552. The van der Waals surface area contributed by atoms with E-state index in [4.69, 9.17) is 11.6 Å². The smallest absolute Gasteiger partial charge is 0.293 e. The van der Waals surface area contributed by atoms with Gasteiger partial charge < -0.3 is 16.0 Å². The largest absolute Gasteiger partial charge is 0.375 e. The molecule has 3 N–H and O–H groups in total. The zero-order chi connectivity index (χ0) is 18.5. The second kappa shape index (κ2) is 8.16. The molecule has 2 aromatic rings. The molecule has 2 aromatic carbocycles. The Morgan fingerprint density at radius 2 is 2.12 bits per heavy atom. The number of nitrogens with one attached hydrogen (secondary N) is 3. The zero-order valence-corrected chi connectivity index (χ0v) is 14.8. The Hall–Kier alpha value is -2.64. The number of rotatable bonds is 6. The molecule has 0 radical (unpaired) electrons. The van der Waals surface area contributed by atoms with Crippen molar-refractivity contribution in [1.82, 2.24) is 10.6 Å². The molecular weight excluding hydrogens is 356 g/mol. The molecule has 3 rings (SSSR count). The minimum atomic E-state index is -0.497. The Balaban J connectivity index is 1.75. The molecule has 1 atom stereocenters. The van der Waals surface area contributed by atoms with Gasteiger partial charge in [-0.2, -0.15) is 0 Å². The molecule has 1 aliphatic rings. The van der Waals surface area contributed by atoms with E-state index in [2.05, 4.69) is 16.0 Å². The molecule has 1 heterocycles. The molecule has 1 fully saturated rings. The van der Waals surface area contributed by atoms with Crippen molar-refractivity contribution < 1.29 is 9.72 Å². The summed E-state index contributed by atoms with van der Waals surface area (Å²) in [4.78, 5) is 23.2. The van der Waals surface area contributed by atoms with Gasteiger partial charge in [0.25, 0.3) is 11.6 Å². The number of nitro benzene ring substituents is 1. The summed E-state index contributed by atoms with van der Waals surface area (Å²) in [6.45, 7) is 1.92. The Bertz CT molecular complexity index is 822. The number of nitro groups is 1. The first-order valence-corrected chi connectivity index (χ1v) is 8.69. The van der Waals surface area contributed by atoms with Crippen LogP contribution in [0.5, 0.6) is 0 Å². The van der Waals surface area contributed by atoms with Crippen LogP contribution in [-0.4, -0.2) is 30.0 Å². The van der Waals surface area contributed by atoms with Crippen molar-refractivity contribution in [3.63, 3.8) is 0 Å². The van der Waals surface area contributed by atoms with E-state index < -0.39 is 4.92 Å². The first-order valence-electron chi connectivity index (χ1n) is 8.32. The predicted octanol–water partition coefficient (Wildman–Crippen LogP) is 2.95. The number of carbonyl (C=O) groups excluding carboxylic acids is 1. The van der Waals surface area contributed by atoms with E-state index in [1.807, 2.05) is 18.2 Å². The summed E-state index contributed by atoms with van der Waals surface area (Å²) < 4.78 is 0. The Morgan fingerprint density at radius 3 is 2.81 bits per heavy atom. The van der Waals surface area contributed by atoms with Gasteiger partial charge in [0.05, 0.1) is 4.92 Å². The first-order chi connectivity index (χ1) is 12.5. The van der Waals surface area contributed by atoms with Crippen molar-refractivity contribution in [2.75, 3.05) is 18.4 Å². The molecule has 1 amide bonds. The molecule has 0 aliphatic carbocycles. The molecule has 0 spiro atoms. The summed E-state index contributed by atoms with van der Waals surface area (Å²) >= 11 is 6.11. The number of benzene rings is 2. The minimum Gasteiger partial charge on any atom is -0.375 e. The van der Waals surface area contributed by atoms with Crippen molar-refractivity contribution >= 4 is 28.9 Å². The summed E-state index contributed by atoms with van der Waals surface area (Å²) in [5.74, 6) is -0.306. The number of anilines is 1. The highest BCUT2D eigenvalue weighted by molar-refractivity contribution is 6.31. The maximum Gasteiger partial charge on any atom is 0.293 e. The van der Waals surface area contributed by atoms with Gasteiger partial charge in [0, 0.05) is 35.8 Å². The molecule has 7 nitrogen and oxygen atoms in total. The van der Waals surface area contributed by atoms with Gasteiger partial charge in [-0.15, -0.1) is 0 Å². The first kappa shape index (κ1) is 18.2. The maximum absolute atomic E-state index is 12.3. The van der Waals surface area contributed by atoms with Gasteiger partial charge in [-0.25, -0.2) is 0 Å². The highest BCUT2D eigenvalue weighted by atomic mass is 35.5. The van der Waals surface area contributed by atoms with Gasteiger partial charge >= 0.3 is 0 Å². The van der Waals surface area contributed by atoms with E-state index >= 15 is 0 Å². The fourth-order valence-electron chi connectivity index (χ4n) is 2.85. The third-order valence-electron chi connectivity index (χ3n) is 4.28. The lowest BCUT2D eigenvalue weighted by Gasteiger charge is -2.12. The average Bonchev–Trinajstić information content (AvgIpc) is 3.13. The van der Waals surface area contributed by atoms with Crippen LogP contribution < -0.4 is 16.0 Å². The van der Waals surface area contributed by atoms with Crippen LogP contribution in [0.3, 0.4) is 0 Å². The lowest BCUT2D eigenvalue weighted by molar-refractivity contribution is -0.384. The Kier molecular flexibility index (Phi) is 5.70. The molecule has 1 saturated heterocycles. The van der Waals surface area contributed by atoms with Crippen LogP contribution in [0.15, 0.2) is 42.5 Å². The van der Waals surface area contributed by atoms with Crippen LogP contribution in [0.4, 0.5) is 11.4 Å². The zero-order valence-electron chi connectivity index (χ0n) is 14.0. The SMILES string of the molecule is O=C(NC1CCNC1)c1ccc(NCc2ccccc2Cl)c([N+](=O)[O-])c1. The van der Waals surface area contributed by atoms with Crippen molar-refractivity contribution in [2.45, 2.75) is 19.0 Å². The van der Waals surface area contributed by atoms with Gasteiger partial charge in [0.1, 0.15) is 5.69 Å². The molecule has 0 aromatic heterocycles. The number of hydrogen-bond acceptors (Lipinski definition) is 5. The number of amides is 1. The number of nitrogens with zero attached hydrogens (tertiary/aromatic N) is 1. The Morgan fingerprint density at radius 1 is 1.31 bits per heavy atom. The molecule has 0 bridgehead atoms. The van der Waals surface area contributed by atoms with Gasteiger partial charge in [-0.05, 0) is 36.7 Å². The fourth-order valence-corrected chi connectivity index (χ4v) is 3.05. The van der Waals surface area contributed by atoms with Gasteiger partial charge in [-0.3, -0.25) is 14.9 Å². The normalized spacial score (nSPS) is 16.3. The van der Waals surface area contributed by atoms with Gasteiger partial charge in [-0.1, -0.05) is 29.8 Å². The van der Waals surface area contributed by atoms with Gasteiger partial charge in [0.15, 0.2) is 0 Å². The van der Waals surface area contributed by atoms with Crippen molar-refractivity contribution in [1.29, 1.82) is 0 Å². The van der Waals surface area contributed by atoms with E-state index in [0.717, 1.165) is 18.5 Å². The van der Waals surface area contributed by atoms with E-state index in [1.165, 1.54) is 6.07 Å². The van der Waals surface area contributed by atoms with Crippen molar-refractivity contribution in [2.24, 2.45) is 0 Å². The third-order valence-corrected chi connectivity index (χ3v) is 4.65. The predicted molar refractivity (Wildman–Crippen MR) is 101 cm³/mol. The second-order valence-corrected chi connectivity index (χ2v) is 6.50. The molecular formula is C18H19ClN4O3. The third kappa shape index (κ3) is 4.30. The summed E-state index contributed by atoms with van der Waals surface area (Å²) in [6, 6.07) is 11.8. The van der Waals surface area contributed by atoms with E-state index in [1.54, 1.807) is 18.2 Å². The van der Waals surface area contributed by atoms with E-state index in [-0.39, 0.29) is 23.2 Å². The van der Waals surface area contributed by atoms with Crippen molar-refractivity contribution in [3.8, 4) is 0 Å². The summed E-state index contributed by atoms with van der Waals surface area (Å²) in [6.07, 6.45) is 0.852. The number of hydrogen-bond donors (Lipinski definition) is 3. The molecule has 8 heteroatoms. The van der Waals surface area contributed by atoms with E-state index in [9.17, 15) is 14.9 Å². The van der Waals surface area contributed by atoms with Crippen LogP contribution in [0.2, 0.25) is 5.02 Å². The molecule has 1 unspecified atom stereocenters. The fraction of sp³-hybridized carbons (Fsp3) is 0.278. The van der Waals surface area contributed by atoms with Crippen LogP contribution >= 0.6 is 11.6 Å². The summed E-state index contributed by atoms with van der Waals surface area (Å²) in [5, 5.41) is 21.1. The molecule has 0 saturated carbocycles. The van der Waals surface area contributed by atoms with Crippen LogP contribution in [0, 0.1) is 10.1 Å². The van der Waals surface area contributed by atoms with Crippen LogP contribution in [0.25, 0.3) is 0 Å². The quantitative estimate of drug-likeness (QED) is 0.533. The molecule has 26 heavy (non-hydrogen) atoms. The van der Waals surface area contributed by atoms with Crippen LogP contribution in [0.1, 0.15) is 22.3 Å². The highest BCUT2D eigenvalue weighted by Gasteiger charge is 2.21. The maximum atomic E-state index is 12.3. The van der Waals surface area contributed by atoms with Gasteiger partial charge in [0.2, 0.25) is 0 Å². The lowest BCUT2D eigenvalue weighted by atomic mass is 10.1. The average molecular weight is 375 g/mol. The standard InChI is InChI=1S/C18H19ClN4O3/c19-15-4-2-1-3-13(15)10-21-16-6-5-12(9-17(16)23(25)26)18(24)22-14-7-8-20-11-14/h1-6,9,14,20-21H,7-8,10-11H2,(H,22,24). The second-order valence-electron chi connectivity index (χ2n) is 6.10. The topological polar surface area (TPSA) is 96.3 Å². The Labute approximate surface area is 155 Å². The molecule has 136 valence electrons. The summed E-state index contributed by atoms with van der Waals surface area (Å²) in [7, 11) is 0. The van der Waals surface area contributed by atoms with Crippen LogP contribution in [-0.2, 0) is 6.54 Å². The molecule has 1 aliphatic heterocycles. The van der Waals surface area contributed by atoms with E-state index in [0.29, 0.717) is 23.8 Å². The van der Waals surface area contributed by atoms with Crippen molar-refractivity contribution in [3.05, 3.63) is 68.7 Å². The monoisotopic (exact) mass is 374 g/mol. The summed E-state index contributed by atoms with van der Waals surface area (Å²) in [5.41, 5.74) is 1.30. The number of carbonyl (C=O) groups is 1. The highest BCUT2D eigenvalue weighted by Crippen LogP contribution is 2.27. The lowest BCUT2D eigenvalue weighted by Crippen LogP contribution is -2.36. The number of halogens is 1.